The maximum absolute atomic E-state index is 12.9. The number of carbonyl (C=O) groups excluding carboxylic acids is 1. The van der Waals surface area contributed by atoms with Crippen LogP contribution in [0.3, 0.4) is 0 Å². The quantitative estimate of drug-likeness (QED) is 0.197. The smallest absolute Gasteiger partial charge is 0.308 e. The van der Waals surface area contributed by atoms with Crippen molar-refractivity contribution >= 4 is 17.7 Å². The van der Waals surface area contributed by atoms with Crippen LogP contribution in [0.15, 0.2) is 64.5 Å². The Labute approximate surface area is 238 Å². The van der Waals surface area contributed by atoms with Gasteiger partial charge in [-0.25, -0.2) is 0 Å². The number of hydrogen-bond donors (Lipinski definition) is 3. The van der Waals surface area contributed by atoms with Crippen molar-refractivity contribution in [3.05, 3.63) is 76.3 Å². The maximum atomic E-state index is 12.9. The minimum absolute atomic E-state index is 0. The van der Waals surface area contributed by atoms with E-state index in [4.69, 9.17) is 14.8 Å². The molecule has 0 amide bonds. The molecule has 4 rings (SSSR count). The van der Waals surface area contributed by atoms with E-state index in [9.17, 15) is 19.5 Å². The number of aliphatic imine (C=N–C) groups is 1. The molecule has 3 atom stereocenters. The van der Waals surface area contributed by atoms with E-state index < -0.39 is 5.97 Å². The van der Waals surface area contributed by atoms with E-state index in [-0.39, 0.29) is 59.9 Å². The van der Waals surface area contributed by atoms with E-state index in [1.807, 2.05) is 52.8 Å². The molecule has 0 fully saturated rings. The van der Waals surface area contributed by atoms with Gasteiger partial charge in [0.2, 0.25) is 0 Å². The van der Waals surface area contributed by atoms with Crippen molar-refractivity contribution in [2.45, 2.75) is 86.4 Å². The van der Waals surface area contributed by atoms with Crippen LogP contribution in [0.5, 0.6) is 5.75 Å². The molecule has 1 aromatic rings. The summed E-state index contributed by atoms with van der Waals surface area (Å²) in [6.07, 6.45) is 14.4. The van der Waals surface area contributed by atoms with Crippen LogP contribution in [-0.2, 0) is 27.5 Å². The van der Waals surface area contributed by atoms with Crippen molar-refractivity contribution in [3.63, 3.8) is 0 Å². The van der Waals surface area contributed by atoms with Crippen LogP contribution in [-0.4, -0.2) is 38.5 Å². The van der Waals surface area contributed by atoms with Crippen molar-refractivity contribution in [2.75, 3.05) is 0 Å². The molecule has 9 heteroatoms. The number of esters is 1. The number of hydrogen-bond acceptors (Lipinski definition) is 7. The van der Waals surface area contributed by atoms with Crippen LogP contribution in [0.1, 0.15) is 78.5 Å². The predicted octanol–water partition coefficient (Wildman–Crippen LogP) is 6.14. The number of aliphatic carboxylic acids is 1. The van der Waals surface area contributed by atoms with Crippen molar-refractivity contribution in [3.8, 4) is 5.75 Å². The van der Waals surface area contributed by atoms with Gasteiger partial charge < -0.3 is 25.7 Å². The van der Waals surface area contributed by atoms with Gasteiger partial charge in [0.25, 0.3) is 5.56 Å². The number of aromatic hydroxyl groups is 1. The molecule has 3 heterocycles. The third-order valence-electron chi connectivity index (χ3n) is 6.24. The molecule has 40 heavy (non-hydrogen) atoms. The number of carbonyl (C=O) groups is 2. The second-order valence-corrected chi connectivity index (χ2v) is 8.78. The second-order valence-electron chi connectivity index (χ2n) is 8.78. The number of rotatable bonds is 8. The number of dihydropyridines is 1. The first-order valence-electron chi connectivity index (χ1n) is 13.9. The number of carboxylic acid groups (broad SMARTS) is 1. The van der Waals surface area contributed by atoms with E-state index >= 15 is 0 Å². The lowest BCUT2D eigenvalue weighted by Crippen LogP contribution is -2.25. The summed E-state index contributed by atoms with van der Waals surface area (Å²) < 4.78 is 6.82. The average molecular weight is 558 g/mol. The van der Waals surface area contributed by atoms with Crippen molar-refractivity contribution in [1.29, 1.82) is 0 Å². The van der Waals surface area contributed by atoms with Gasteiger partial charge in [-0.05, 0) is 24.8 Å². The predicted molar refractivity (Wildman–Crippen MR) is 161 cm³/mol. The highest BCUT2D eigenvalue weighted by Gasteiger charge is 2.32. The summed E-state index contributed by atoms with van der Waals surface area (Å²) in [6.45, 7) is 15.3. The minimum atomic E-state index is -0.730. The van der Waals surface area contributed by atoms with Gasteiger partial charge in [-0.2, -0.15) is 0 Å². The van der Waals surface area contributed by atoms with E-state index in [0.29, 0.717) is 25.1 Å². The zero-order valence-electron chi connectivity index (χ0n) is 24.9. The number of pyridine rings is 1. The molecule has 1 aromatic heterocycles. The highest BCUT2D eigenvalue weighted by atomic mass is 16.5. The molecular weight excluding hydrogens is 510 g/mol. The summed E-state index contributed by atoms with van der Waals surface area (Å²) in [5.74, 6) is -1.30. The van der Waals surface area contributed by atoms with Gasteiger partial charge in [0.05, 0.1) is 35.5 Å². The average Bonchev–Trinajstić information content (AvgIpc) is 3.30. The molecule has 0 saturated heterocycles. The summed E-state index contributed by atoms with van der Waals surface area (Å²) in [6, 6.07) is 1.57. The third-order valence-corrected chi connectivity index (χ3v) is 6.24. The summed E-state index contributed by atoms with van der Waals surface area (Å²) in [5.41, 5.74) is 2.12. The van der Waals surface area contributed by atoms with Gasteiger partial charge in [0, 0.05) is 18.4 Å². The lowest BCUT2D eigenvalue weighted by atomic mass is 9.89. The van der Waals surface area contributed by atoms with Gasteiger partial charge in [0.1, 0.15) is 12.4 Å². The first kappa shape index (κ1) is 36.3. The monoisotopic (exact) mass is 557 g/mol. The lowest BCUT2D eigenvalue weighted by molar-refractivity contribution is -0.149. The van der Waals surface area contributed by atoms with E-state index in [1.165, 1.54) is 0 Å². The van der Waals surface area contributed by atoms with Crippen LogP contribution >= 0.6 is 0 Å². The molecule has 5 N–H and O–H groups in total. The zero-order valence-corrected chi connectivity index (χ0v) is 24.9. The topological polar surface area (TPSA) is 153 Å². The summed E-state index contributed by atoms with van der Waals surface area (Å²) in [5, 5.41) is 18.5. The number of carboxylic acids is 1. The fourth-order valence-corrected chi connectivity index (χ4v) is 3.98. The van der Waals surface area contributed by atoms with Crippen molar-refractivity contribution < 1.29 is 24.5 Å². The number of aromatic nitrogens is 1. The zero-order chi connectivity index (χ0) is 29.5. The molecule has 0 saturated carbocycles. The van der Waals surface area contributed by atoms with Gasteiger partial charge in [-0.15, -0.1) is 6.58 Å². The molecule has 2 aliphatic heterocycles. The Bertz CT molecular complexity index is 1180. The molecule has 222 valence electrons. The lowest BCUT2D eigenvalue weighted by Gasteiger charge is -2.23. The Morgan fingerprint density at radius 3 is 2.48 bits per heavy atom. The Kier molecular flexibility index (Phi) is 16.8. The van der Waals surface area contributed by atoms with Crippen molar-refractivity contribution in [2.24, 2.45) is 16.8 Å². The summed E-state index contributed by atoms with van der Waals surface area (Å²) in [4.78, 5) is 39.4. The minimum Gasteiger partial charge on any atom is -0.507 e. The van der Waals surface area contributed by atoms with E-state index in [1.54, 1.807) is 23.6 Å². The van der Waals surface area contributed by atoms with E-state index in [2.05, 4.69) is 18.7 Å². The molecule has 9 nitrogen and oxygen atoms in total. The number of allylic oxidation sites excluding steroid dienone is 4. The first-order chi connectivity index (χ1) is 18.8. The second kappa shape index (κ2) is 18.5. The van der Waals surface area contributed by atoms with Crippen LogP contribution in [0.2, 0.25) is 0 Å². The summed E-state index contributed by atoms with van der Waals surface area (Å²) in [7, 11) is 0. The molecular formula is C31H47N3O6. The van der Waals surface area contributed by atoms with Crippen LogP contribution in [0.4, 0.5) is 0 Å². The SMILES string of the molecule is C=CCCCC(=O)O.CC.CC.CC[C@H](C)C(=O)OCc1c(O)cc2n(c1=O)CC1=CC3C=CC=CC3N=C12.N. The molecule has 0 aromatic carbocycles. The van der Waals surface area contributed by atoms with Crippen molar-refractivity contribution in [1.82, 2.24) is 10.7 Å². The van der Waals surface area contributed by atoms with Gasteiger partial charge in [0.15, 0.2) is 0 Å². The fraction of sp³-hybridized carbons (Fsp3) is 0.484. The Morgan fingerprint density at radius 2 is 1.88 bits per heavy atom. The van der Waals surface area contributed by atoms with Crippen LogP contribution in [0.25, 0.3) is 0 Å². The molecule has 0 bridgehead atoms. The first-order valence-corrected chi connectivity index (χ1v) is 13.9. The highest BCUT2D eigenvalue weighted by Crippen LogP contribution is 2.32. The Morgan fingerprint density at radius 1 is 1.23 bits per heavy atom. The largest absolute Gasteiger partial charge is 0.507 e. The summed E-state index contributed by atoms with van der Waals surface area (Å²) >= 11 is 0. The van der Waals surface area contributed by atoms with Gasteiger partial charge in [-0.3, -0.25) is 19.4 Å². The van der Waals surface area contributed by atoms with Crippen LogP contribution in [0, 0.1) is 11.8 Å². The number of fused-ring (bicyclic) bond motifs is 4. The fourth-order valence-electron chi connectivity index (χ4n) is 3.98. The Hall–Kier alpha value is -3.72. The molecule has 1 aliphatic carbocycles. The normalized spacial score (nSPS) is 17.6. The number of nitrogens with zero attached hydrogens (tertiary/aromatic N) is 2. The molecule has 0 spiro atoms. The highest BCUT2D eigenvalue weighted by molar-refractivity contribution is 6.14. The Balaban J connectivity index is 0.00000101. The third kappa shape index (κ3) is 9.48. The van der Waals surface area contributed by atoms with E-state index in [0.717, 1.165) is 17.7 Å². The van der Waals surface area contributed by atoms with Gasteiger partial charge in [-0.1, -0.05) is 78.0 Å². The maximum Gasteiger partial charge on any atom is 0.308 e. The van der Waals surface area contributed by atoms with Crippen LogP contribution < -0.4 is 11.7 Å². The molecule has 0 radical (unpaired) electrons. The molecule has 3 aliphatic rings. The molecule has 2 unspecified atom stereocenters. The number of ether oxygens (including phenoxy) is 1. The van der Waals surface area contributed by atoms with Gasteiger partial charge >= 0.3 is 11.9 Å². The standard InChI is InChI=1S/C21H22N2O4.C6H10O2.2C2H6.H3N/c1-3-12(2)21(26)27-11-15-18(24)9-17-19-14(10-23(17)20(15)25)8-13-6-4-5-7-16(13)22-19;1-2-3-4-5-6(7)8;2*1-2;/h4-9,12-13,16,24H,3,10-11H2,1-2H3;2H,1,3-5H2,(H,7,8);2*1-2H3;1H3/t12-,13?,16?;;;;/m0..../s1. The number of unbranched alkanes of at least 4 members (excludes halogenated alkanes) is 1.